The summed E-state index contributed by atoms with van der Waals surface area (Å²) in [6, 6.07) is 5.78. The van der Waals surface area contributed by atoms with Gasteiger partial charge in [0, 0.05) is 28.9 Å². The quantitative estimate of drug-likeness (QED) is 0.904. The van der Waals surface area contributed by atoms with Crippen molar-refractivity contribution < 1.29 is 4.74 Å². The Labute approximate surface area is 113 Å². The lowest BCUT2D eigenvalue weighted by atomic mass is 10.0. The molecule has 0 spiro atoms. The van der Waals surface area contributed by atoms with E-state index in [1.165, 1.54) is 22.6 Å². The molecule has 1 saturated carbocycles. The van der Waals surface area contributed by atoms with Crippen molar-refractivity contribution in [1.82, 2.24) is 10.2 Å². The minimum Gasteiger partial charge on any atom is -0.374 e. The van der Waals surface area contributed by atoms with Gasteiger partial charge in [0.15, 0.2) is 0 Å². The highest BCUT2D eigenvalue weighted by atomic mass is 32.1. The monoisotopic (exact) mass is 266 g/mol. The van der Waals surface area contributed by atoms with Crippen LogP contribution in [0.15, 0.2) is 12.1 Å². The normalized spacial score (nSPS) is 29.7. The third-order valence-corrected chi connectivity index (χ3v) is 4.94. The van der Waals surface area contributed by atoms with Gasteiger partial charge in [-0.05, 0) is 38.9 Å². The van der Waals surface area contributed by atoms with Crippen LogP contribution in [0.1, 0.15) is 28.6 Å². The van der Waals surface area contributed by atoms with Crippen molar-refractivity contribution >= 4 is 11.3 Å². The van der Waals surface area contributed by atoms with E-state index in [-0.39, 0.29) is 0 Å². The summed E-state index contributed by atoms with van der Waals surface area (Å²) in [5.41, 5.74) is 0. The van der Waals surface area contributed by atoms with Gasteiger partial charge in [-0.25, -0.2) is 0 Å². The van der Waals surface area contributed by atoms with Crippen molar-refractivity contribution in [3.8, 4) is 0 Å². The zero-order valence-corrected chi connectivity index (χ0v) is 12.0. The summed E-state index contributed by atoms with van der Waals surface area (Å²) < 4.78 is 6.01. The molecule has 3 nitrogen and oxygen atoms in total. The third kappa shape index (κ3) is 2.48. The van der Waals surface area contributed by atoms with E-state index in [1.807, 2.05) is 18.4 Å². The Morgan fingerprint density at radius 2 is 2.28 bits per heavy atom. The third-order valence-electron chi connectivity index (χ3n) is 3.86. The standard InChI is InChI=1S/C14H22N2OS/c1-10-3-6-13(18-10)14-12(9-15-2)17-8-7-16(14)11-4-5-11/h3,6,11-12,14-15H,4-5,7-9H2,1-2H3. The SMILES string of the molecule is CNCC1OCCN(C2CC2)C1c1ccc(C)s1. The second-order valence-corrected chi connectivity index (χ2v) is 6.65. The van der Waals surface area contributed by atoms with E-state index in [9.17, 15) is 0 Å². The van der Waals surface area contributed by atoms with E-state index in [0.717, 1.165) is 25.7 Å². The van der Waals surface area contributed by atoms with Gasteiger partial charge < -0.3 is 10.1 Å². The first kappa shape index (κ1) is 12.6. The highest BCUT2D eigenvalue weighted by Crippen LogP contribution is 2.40. The minimum atomic E-state index is 0.294. The maximum Gasteiger partial charge on any atom is 0.0904 e. The lowest BCUT2D eigenvalue weighted by Gasteiger charge is -2.41. The van der Waals surface area contributed by atoms with E-state index < -0.39 is 0 Å². The molecule has 0 amide bonds. The van der Waals surface area contributed by atoms with Gasteiger partial charge in [-0.15, -0.1) is 11.3 Å². The zero-order valence-electron chi connectivity index (χ0n) is 11.2. The van der Waals surface area contributed by atoms with Crippen LogP contribution in [-0.2, 0) is 4.74 Å². The molecular formula is C14H22N2OS. The van der Waals surface area contributed by atoms with E-state index in [2.05, 4.69) is 29.3 Å². The number of ether oxygens (including phenoxy) is 1. The molecule has 100 valence electrons. The Kier molecular flexibility index (Phi) is 3.71. The molecule has 2 atom stereocenters. The van der Waals surface area contributed by atoms with E-state index >= 15 is 0 Å². The molecule has 1 N–H and O–H groups in total. The first-order chi connectivity index (χ1) is 8.79. The highest BCUT2D eigenvalue weighted by Gasteiger charge is 2.41. The predicted octanol–water partition coefficient (Wildman–Crippen LogP) is 2.18. The summed E-state index contributed by atoms with van der Waals surface area (Å²) in [5.74, 6) is 0. The molecule has 0 radical (unpaired) electrons. The van der Waals surface area contributed by atoms with Crippen LogP contribution < -0.4 is 5.32 Å². The van der Waals surface area contributed by atoms with Crippen LogP contribution in [0.3, 0.4) is 0 Å². The van der Waals surface area contributed by atoms with Gasteiger partial charge >= 0.3 is 0 Å². The molecule has 4 heteroatoms. The average molecular weight is 266 g/mol. The molecule has 18 heavy (non-hydrogen) atoms. The van der Waals surface area contributed by atoms with Crippen molar-refractivity contribution in [2.45, 2.75) is 38.0 Å². The number of thiophene rings is 1. The van der Waals surface area contributed by atoms with Crippen molar-refractivity contribution in [2.24, 2.45) is 0 Å². The number of hydrogen-bond acceptors (Lipinski definition) is 4. The molecule has 2 aliphatic rings. The zero-order chi connectivity index (χ0) is 12.5. The second-order valence-electron chi connectivity index (χ2n) is 5.33. The van der Waals surface area contributed by atoms with Crippen LogP contribution in [0.4, 0.5) is 0 Å². The smallest absolute Gasteiger partial charge is 0.0904 e. The van der Waals surface area contributed by atoms with Crippen molar-refractivity contribution in [3.05, 3.63) is 21.9 Å². The van der Waals surface area contributed by atoms with E-state index in [1.54, 1.807) is 0 Å². The number of nitrogens with zero attached hydrogens (tertiary/aromatic N) is 1. The summed E-state index contributed by atoms with van der Waals surface area (Å²) in [7, 11) is 2.01. The Bertz CT molecular complexity index is 400. The molecule has 2 heterocycles. The summed E-state index contributed by atoms with van der Waals surface area (Å²) in [6.45, 7) is 5.09. The Balaban J connectivity index is 1.85. The Hall–Kier alpha value is -0.420. The molecule has 2 unspecified atom stereocenters. The summed E-state index contributed by atoms with van der Waals surface area (Å²) >= 11 is 1.92. The second kappa shape index (κ2) is 5.29. The van der Waals surface area contributed by atoms with Crippen molar-refractivity contribution in [1.29, 1.82) is 0 Å². The van der Waals surface area contributed by atoms with Gasteiger partial charge in [0.05, 0.1) is 18.8 Å². The summed E-state index contributed by atoms with van der Waals surface area (Å²) in [6.07, 6.45) is 3.03. The van der Waals surface area contributed by atoms with Crippen LogP contribution in [0.25, 0.3) is 0 Å². The summed E-state index contributed by atoms with van der Waals surface area (Å²) in [4.78, 5) is 5.55. The lowest BCUT2D eigenvalue weighted by Crippen LogP contribution is -2.49. The highest BCUT2D eigenvalue weighted by molar-refractivity contribution is 7.12. The predicted molar refractivity (Wildman–Crippen MR) is 75.2 cm³/mol. The lowest BCUT2D eigenvalue weighted by molar-refractivity contribution is -0.0728. The number of aryl methyl sites for hydroxylation is 1. The molecule has 0 aromatic carbocycles. The Morgan fingerprint density at radius 3 is 2.89 bits per heavy atom. The molecule has 3 rings (SSSR count). The minimum absolute atomic E-state index is 0.294. The fraction of sp³-hybridized carbons (Fsp3) is 0.714. The maximum absolute atomic E-state index is 6.01. The van der Waals surface area contributed by atoms with Crippen molar-refractivity contribution in [2.75, 3.05) is 26.7 Å². The van der Waals surface area contributed by atoms with Crippen LogP contribution in [0.5, 0.6) is 0 Å². The first-order valence-corrected chi connectivity index (χ1v) is 7.69. The molecular weight excluding hydrogens is 244 g/mol. The Morgan fingerprint density at radius 1 is 1.44 bits per heavy atom. The number of morpholine rings is 1. The van der Waals surface area contributed by atoms with E-state index in [4.69, 9.17) is 4.74 Å². The molecule has 0 bridgehead atoms. The van der Waals surface area contributed by atoms with Gasteiger partial charge in [-0.2, -0.15) is 0 Å². The fourth-order valence-electron chi connectivity index (χ4n) is 2.90. The van der Waals surface area contributed by atoms with Gasteiger partial charge in [-0.1, -0.05) is 0 Å². The topological polar surface area (TPSA) is 24.5 Å². The average Bonchev–Trinajstić information content (AvgIpc) is 3.12. The molecule has 1 saturated heterocycles. The number of likely N-dealkylation sites (N-methyl/N-ethyl adjacent to an activating group) is 1. The number of nitrogens with one attached hydrogen (secondary N) is 1. The van der Waals surface area contributed by atoms with Gasteiger partial charge in [0.25, 0.3) is 0 Å². The first-order valence-electron chi connectivity index (χ1n) is 6.88. The van der Waals surface area contributed by atoms with Crippen LogP contribution in [0.2, 0.25) is 0 Å². The molecule has 2 fully saturated rings. The fourth-order valence-corrected chi connectivity index (χ4v) is 3.95. The van der Waals surface area contributed by atoms with Gasteiger partial charge in [0.2, 0.25) is 0 Å². The van der Waals surface area contributed by atoms with E-state index in [0.29, 0.717) is 12.1 Å². The maximum atomic E-state index is 6.01. The molecule has 1 aliphatic carbocycles. The molecule has 1 aromatic heterocycles. The molecule has 1 aromatic rings. The van der Waals surface area contributed by atoms with Gasteiger partial charge in [0.1, 0.15) is 0 Å². The van der Waals surface area contributed by atoms with Crippen LogP contribution >= 0.6 is 11.3 Å². The number of rotatable bonds is 4. The molecule has 1 aliphatic heterocycles. The number of hydrogen-bond donors (Lipinski definition) is 1. The van der Waals surface area contributed by atoms with Crippen LogP contribution in [0, 0.1) is 6.92 Å². The largest absolute Gasteiger partial charge is 0.374 e. The summed E-state index contributed by atoms with van der Waals surface area (Å²) in [5, 5.41) is 3.28. The van der Waals surface area contributed by atoms with Crippen molar-refractivity contribution in [3.63, 3.8) is 0 Å². The van der Waals surface area contributed by atoms with Crippen LogP contribution in [-0.4, -0.2) is 43.8 Å². The van der Waals surface area contributed by atoms with Gasteiger partial charge in [-0.3, -0.25) is 4.90 Å².